The highest BCUT2D eigenvalue weighted by molar-refractivity contribution is 8.01. The van der Waals surface area contributed by atoms with Crippen LogP contribution in [0.5, 0.6) is 0 Å². The molecule has 1 fully saturated rings. The highest BCUT2D eigenvalue weighted by Gasteiger charge is 2.54. The molecule has 1 saturated heterocycles. The molecular weight excluding hydrogens is 558 g/mol. The number of β-lactam (4-membered cyclic amide) rings is 1. The van der Waals surface area contributed by atoms with Crippen LogP contribution < -0.4 is 26.4 Å². The normalized spacial score (nSPS) is 19.0. The van der Waals surface area contributed by atoms with Gasteiger partial charge in [0.2, 0.25) is 5.91 Å². The van der Waals surface area contributed by atoms with E-state index >= 15 is 0 Å². The Labute approximate surface area is 226 Å². The van der Waals surface area contributed by atoms with Crippen molar-refractivity contribution < 1.29 is 29.1 Å². The molecule has 17 heteroatoms. The average molecular weight is 578 g/mol. The van der Waals surface area contributed by atoms with Crippen LogP contribution in [0, 0.1) is 16.5 Å². The largest absolute Gasteiger partial charge is 0.595 e. The van der Waals surface area contributed by atoms with Gasteiger partial charge in [-0.25, -0.2) is 9.59 Å². The van der Waals surface area contributed by atoms with Crippen LogP contribution in [0.2, 0.25) is 0 Å². The summed E-state index contributed by atoms with van der Waals surface area (Å²) in [5, 5.41) is 41.0. The second kappa shape index (κ2) is 11.6. The van der Waals surface area contributed by atoms with Gasteiger partial charge < -0.3 is 26.3 Å². The number of nitrogens with one attached hydrogen (secondary N) is 4. The zero-order valence-corrected chi connectivity index (χ0v) is 21.7. The highest BCUT2D eigenvalue weighted by Crippen LogP contribution is 2.41. The Balaban J connectivity index is 1.47. The molecule has 198 valence electrons. The Hall–Kier alpha value is -4.01. The summed E-state index contributed by atoms with van der Waals surface area (Å²) in [6.07, 6.45) is 0. The fourth-order valence-electron chi connectivity index (χ4n) is 3.73. The number of carbonyl (C=O) groups excluding carboxylic acids is 3. The first-order chi connectivity index (χ1) is 18.2. The lowest BCUT2D eigenvalue weighted by Gasteiger charge is -2.49. The number of carboxylic acid groups (broad SMARTS) is 1. The number of amides is 4. The van der Waals surface area contributed by atoms with Crippen LogP contribution in [-0.4, -0.2) is 68.4 Å². The number of aliphatic carboxylic acids is 1. The molecule has 0 saturated carbocycles. The van der Waals surface area contributed by atoms with E-state index in [9.17, 15) is 34.3 Å². The number of thioether (sulfide) groups is 2. The molecule has 38 heavy (non-hydrogen) atoms. The van der Waals surface area contributed by atoms with Crippen LogP contribution in [-0.2, 0) is 14.4 Å². The van der Waals surface area contributed by atoms with Gasteiger partial charge in [0.1, 0.15) is 29.7 Å². The summed E-state index contributed by atoms with van der Waals surface area (Å²) in [5.74, 6) is -2.32. The summed E-state index contributed by atoms with van der Waals surface area (Å²) in [6, 6.07) is 4.66. The number of fused-ring (bicyclic) bond motifs is 1. The first-order valence-corrected chi connectivity index (χ1v) is 13.7. The fraction of sp³-hybridized carbons (Fsp3) is 0.286. The molecule has 0 aromatic carbocycles. The summed E-state index contributed by atoms with van der Waals surface area (Å²) in [5.41, 5.74) is -0.396. The zero-order chi connectivity index (χ0) is 27.4. The molecule has 0 aliphatic carbocycles. The number of rotatable bonds is 9. The number of H-pyrrole nitrogens is 1. The number of aromatic nitrogens is 2. The van der Waals surface area contributed by atoms with E-state index in [2.05, 4.69) is 21.0 Å². The highest BCUT2D eigenvalue weighted by atomic mass is 32.2. The quantitative estimate of drug-likeness (QED) is 0.0844. The average Bonchev–Trinajstić information content (AvgIpc) is 3.42. The first kappa shape index (κ1) is 27.0. The van der Waals surface area contributed by atoms with Crippen molar-refractivity contribution in [2.75, 3.05) is 18.1 Å². The van der Waals surface area contributed by atoms with Crippen LogP contribution >= 0.6 is 34.9 Å². The van der Waals surface area contributed by atoms with E-state index in [0.717, 1.165) is 16.7 Å². The Morgan fingerprint density at radius 2 is 2.13 bits per heavy atom. The van der Waals surface area contributed by atoms with E-state index in [0.29, 0.717) is 10.5 Å². The van der Waals surface area contributed by atoms with Crippen LogP contribution in [0.15, 0.2) is 50.7 Å². The molecule has 0 spiro atoms. The lowest BCUT2D eigenvalue weighted by Crippen LogP contribution is -2.71. The third-order valence-electron chi connectivity index (χ3n) is 5.42. The summed E-state index contributed by atoms with van der Waals surface area (Å²) >= 11 is 3.47. The van der Waals surface area contributed by atoms with E-state index in [1.165, 1.54) is 35.2 Å². The van der Waals surface area contributed by atoms with Gasteiger partial charge in [0.15, 0.2) is 0 Å². The monoisotopic (exact) mass is 577 g/mol. The third-order valence-corrected chi connectivity index (χ3v) is 8.79. The standard InChI is InChI=1S/C21H19N7O7S3/c22-5-6-23-21(34)25-14(11-2-1-7-36-11)17(30)24-15-18(31)27-16(20(32)33)10(9-38-19(15)27)8-37-13-4-3-12(29)26-28(13)35/h1-4,7,14-15,19H,6,8-9H2,(H,24,30)(H,26,29)(H,32,33)(H2,23,25,34)/t14?,15-,19?/m0/s1. The van der Waals surface area contributed by atoms with Crippen molar-refractivity contribution in [2.45, 2.75) is 22.5 Å². The van der Waals surface area contributed by atoms with Gasteiger partial charge in [0, 0.05) is 28.5 Å². The number of nitriles is 1. The number of carboxylic acids is 1. The number of carbonyl (C=O) groups is 4. The maximum absolute atomic E-state index is 13.1. The van der Waals surface area contributed by atoms with Crippen molar-refractivity contribution in [3.05, 3.63) is 61.4 Å². The molecule has 4 heterocycles. The smallest absolute Gasteiger partial charge is 0.352 e. The van der Waals surface area contributed by atoms with Gasteiger partial charge in [-0.15, -0.1) is 28.2 Å². The second-order valence-electron chi connectivity index (χ2n) is 7.82. The summed E-state index contributed by atoms with van der Waals surface area (Å²) in [6.45, 7) is -0.263. The number of thiophene rings is 1. The summed E-state index contributed by atoms with van der Waals surface area (Å²) in [4.78, 5) is 63.4. The molecule has 2 aliphatic rings. The van der Waals surface area contributed by atoms with Gasteiger partial charge in [0.05, 0.1) is 6.07 Å². The van der Waals surface area contributed by atoms with Crippen molar-refractivity contribution in [3.8, 4) is 6.07 Å². The summed E-state index contributed by atoms with van der Waals surface area (Å²) in [7, 11) is 0. The number of nitrogens with zero attached hydrogens (tertiary/aromatic N) is 3. The molecule has 2 unspecified atom stereocenters. The van der Waals surface area contributed by atoms with Crippen molar-refractivity contribution in [1.82, 2.24) is 25.9 Å². The van der Waals surface area contributed by atoms with Crippen molar-refractivity contribution in [3.63, 3.8) is 0 Å². The molecule has 14 nitrogen and oxygen atoms in total. The Morgan fingerprint density at radius 3 is 2.79 bits per heavy atom. The van der Waals surface area contributed by atoms with E-state index in [1.807, 2.05) is 0 Å². The second-order valence-corrected chi connectivity index (χ2v) is 10.9. The summed E-state index contributed by atoms with van der Waals surface area (Å²) < 4.78 is 0. The number of aromatic amines is 1. The van der Waals surface area contributed by atoms with Crippen molar-refractivity contribution in [1.29, 1.82) is 5.26 Å². The molecule has 3 atom stereocenters. The molecule has 2 aliphatic heterocycles. The van der Waals surface area contributed by atoms with Crippen molar-refractivity contribution >= 4 is 58.7 Å². The molecule has 0 bridgehead atoms. The van der Waals surface area contributed by atoms with Gasteiger partial charge >= 0.3 is 12.0 Å². The van der Waals surface area contributed by atoms with Crippen LogP contribution in [0.3, 0.4) is 0 Å². The van der Waals surface area contributed by atoms with E-state index < -0.39 is 46.8 Å². The van der Waals surface area contributed by atoms with Crippen molar-refractivity contribution in [2.24, 2.45) is 0 Å². The predicted octanol–water partition coefficient (Wildman–Crippen LogP) is -0.535. The topological polar surface area (TPSA) is 211 Å². The van der Waals surface area contributed by atoms with Gasteiger partial charge in [-0.05, 0) is 28.8 Å². The molecule has 2 aromatic rings. The number of hydrogen-bond acceptors (Lipinski definition) is 10. The van der Waals surface area contributed by atoms with E-state index in [-0.39, 0.29) is 33.6 Å². The molecule has 4 amide bonds. The number of urea groups is 1. The maximum Gasteiger partial charge on any atom is 0.352 e. The lowest BCUT2D eigenvalue weighted by atomic mass is 10.0. The maximum atomic E-state index is 13.1. The van der Waals surface area contributed by atoms with Crippen LogP contribution in [0.4, 0.5) is 4.79 Å². The third kappa shape index (κ3) is 5.61. The lowest BCUT2D eigenvalue weighted by molar-refractivity contribution is -0.707. The Kier molecular flexibility index (Phi) is 8.24. The number of hydrogen-bond donors (Lipinski definition) is 5. The molecule has 2 aromatic heterocycles. The minimum atomic E-state index is -1.33. The SMILES string of the molecule is N#CCNC(=O)NC(C(=O)N[C@H]1C(=O)N2C(C(=O)O)=C(CSc3ccc(=O)[nH][n+]3[O-])CSC12)c1cccs1. The first-order valence-electron chi connectivity index (χ1n) is 10.8. The minimum absolute atomic E-state index is 0.0820. The predicted molar refractivity (Wildman–Crippen MR) is 136 cm³/mol. The van der Waals surface area contributed by atoms with Gasteiger partial charge in [-0.3, -0.25) is 19.3 Å². The fourth-order valence-corrected chi connectivity index (χ4v) is 6.87. The Bertz CT molecular complexity index is 1400. The van der Waals surface area contributed by atoms with E-state index in [4.69, 9.17) is 5.26 Å². The van der Waals surface area contributed by atoms with E-state index in [1.54, 1.807) is 23.6 Å². The van der Waals surface area contributed by atoms with Crippen LogP contribution in [0.1, 0.15) is 10.9 Å². The molecule has 5 N–H and O–H groups in total. The molecular formula is C21H19N7O7S3. The molecule has 0 radical (unpaired) electrons. The van der Waals surface area contributed by atoms with Gasteiger partial charge in [-0.1, -0.05) is 10.9 Å². The van der Waals surface area contributed by atoms with Crippen LogP contribution in [0.25, 0.3) is 0 Å². The molecule has 4 rings (SSSR count). The minimum Gasteiger partial charge on any atom is -0.595 e. The zero-order valence-electron chi connectivity index (χ0n) is 19.2. The van der Waals surface area contributed by atoms with Gasteiger partial charge in [0.25, 0.3) is 16.5 Å². The van der Waals surface area contributed by atoms with Gasteiger partial charge in [-0.2, -0.15) is 5.26 Å². The Morgan fingerprint density at radius 1 is 1.34 bits per heavy atom.